The maximum atomic E-state index is 15.8. The van der Waals surface area contributed by atoms with Gasteiger partial charge in [-0.15, -0.1) is 0 Å². The molecular weight excluding hydrogens is 751 g/mol. The van der Waals surface area contributed by atoms with Crippen molar-refractivity contribution >= 4 is 40.5 Å². The van der Waals surface area contributed by atoms with Crippen LogP contribution in [0.4, 0.5) is 33.7 Å². The number of aryl methyl sites for hydroxylation is 1. The van der Waals surface area contributed by atoms with Crippen molar-refractivity contribution in [3.63, 3.8) is 0 Å². The number of nitrogens with zero attached hydrogens (tertiary/aromatic N) is 8. The maximum absolute atomic E-state index is 15.8. The van der Waals surface area contributed by atoms with Crippen molar-refractivity contribution in [1.82, 2.24) is 44.5 Å². The lowest BCUT2D eigenvalue weighted by Gasteiger charge is -2.38. The Balaban J connectivity index is 0.901. The van der Waals surface area contributed by atoms with Crippen LogP contribution in [-0.2, 0) is 28.7 Å². The minimum absolute atomic E-state index is 0.00168. The van der Waals surface area contributed by atoms with Crippen molar-refractivity contribution in [3.05, 3.63) is 94.3 Å². The molecule has 5 aromatic rings. The van der Waals surface area contributed by atoms with Gasteiger partial charge in [0.25, 0.3) is 5.91 Å². The molecule has 3 amide bonds. The second-order valence-corrected chi connectivity index (χ2v) is 14.7. The number of carbonyl (C=O) groups is 3. The van der Waals surface area contributed by atoms with Gasteiger partial charge in [0, 0.05) is 63.5 Å². The smallest absolute Gasteiger partial charge is 0.326 e. The molecule has 6 heterocycles. The normalized spacial score (nSPS) is 18.2. The summed E-state index contributed by atoms with van der Waals surface area (Å²) in [6.07, 6.45) is 2.20. The van der Waals surface area contributed by atoms with Crippen LogP contribution in [0.1, 0.15) is 65.6 Å². The fourth-order valence-electron chi connectivity index (χ4n) is 7.89. The van der Waals surface area contributed by atoms with Crippen LogP contribution in [0.2, 0.25) is 0 Å². The molecule has 0 radical (unpaired) electrons. The van der Waals surface area contributed by atoms with Crippen molar-refractivity contribution in [1.29, 1.82) is 0 Å². The van der Waals surface area contributed by atoms with E-state index in [9.17, 15) is 14.4 Å². The highest BCUT2D eigenvalue weighted by molar-refractivity contribution is 6.05. The van der Waals surface area contributed by atoms with Crippen LogP contribution in [0.25, 0.3) is 22.3 Å². The Morgan fingerprint density at radius 1 is 0.930 bits per heavy atom. The number of imide groups is 1. The summed E-state index contributed by atoms with van der Waals surface area (Å²) < 4.78 is 78.7. The van der Waals surface area contributed by atoms with Gasteiger partial charge in [0.15, 0.2) is 11.6 Å². The van der Waals surface area contributed by atoms with Gasteiger partial charge in [-0.3, -0.25) is 24.6 Å². The molecule has 0 bridgehead atoms. The van der Waals surface area contributed by atoms with E-state index in [-0.39, 0.29) is 97.8 Å². The number of benzene rings is 2. The number of halogens is 5. The highest BCUT2D eigenvalue weighted by Gasteiger charge is 2.42. The zero-order valence-corrected chi connectivity index (χ0v) is 31.1. The molecule has 2 aromatic carbocycles. The van der Waals surface area contributed by atoms with Crippen LogP contribution in [0.15, 0.2) is 48.8 Å². The summed E-state index contributed by atoms with van der Waals surface area (Å²) in [5.41, 5.74) is 1.19. The largest absolute Gasteiger partial charge is 0.333 e. The predicted octanol–water partition coefficient (Wildman–Crippen LogP) is 5.57. The van der Waals surface area contributed by atoms with E-state index in [0.29, 0.717) is 22.5 Å². The van der Waals surface area contributed by atoms with Gasteiger partial charge in [0.1, 0.15) is 34.7 Å². The average molecular weight is 789 g/mol. The van der Waals surface area contributed by atoms with Crippen LogP contribution in [-0.4, -0.2) is 89.1 Å². The number of fused-ring (bicyclic) bond motifs is 2. The lowest BCUT2D eigenvalue weighted by atomic mass is 10.0. The summed E-state index contributed by atoms with van der Waals surface area (Å²) in [5, 5.41) is 5.03. The highest BCUT2D eigenvalue weighted by Crippen LogP contribution is 2.35. The molecule has 2 saturated heterocycles. The first-order chi connectivity index (χ1) is 27.2. The van der Waals surface area contributed by atoms with E-state index in [4.69, 9.17) is 0 Å². The summed E-state index contributed by atoms with van der Waals surface area (Å²) in [5.74, 6) is -3.10. The average Bonchev–Trinajstić information content (AvgIpc) is 3.69. The van der Waals surface area contributed by atoms with Crippen molar-refractivity contribution in [2.24, 2.45) is 0 Å². The van der Waals surface area contributed by atoms with Crippen LogP contribution in [0.5, 0.6) is 0 Å². The number of hydrogen-bond donors (Lipinski definition) is 2. The second kappa shape index (κ2) is 14.6. The first-order valence-electron chi connectivity index (χ1n) is 18.4. The highest BCUT2D eigenvalue weighted by atomic mass is 19.3. The molecular formula is C39H37F5N10O3. The minimum atomic E-state index is -3.37. The maximum Gasteiger partial charge on any atom is 0.333 e. The number of nitrogens with one attached hydrogen (secondary N) is 2. The number of piperazine rings is 1. The Bertz CT molecular complexity index is 2430. The van der Waals surface area contributed by atoms with Gasteiger partial charge >= 0.3 is 6.05 Å². The second-order valence-electron chi connectivity index (χ2n) is 14.7. The molecule has 18 heteroatoms. The number of alkyl halides is 2. The summed E-state index contributed by atoms with van der Waals surface area (Å²) in [4.78, 5) is 57.8. The number of aromatic nitrogens is 5. The number of piperidine rings is 1. The molecule has 2 N–H and O–H groups in total. The van der Waals surface area contributed by atoms with Crippen molar-refractivity contribution in [2.75, 3.05) is 31.5 Å². The molecule has 3 aliphatic heterocycles. The molecule has 0 saturated carbocycles. The van der Waals surface area contributed by atoms with E-state index >= 15 is 22.0 Å². The first kappa shape index (κ1) is 38.0. The van der Waals surface area contributed by atoms with Gasteiger partial charge in [-0.05, 0) is 68.7 Å². The Labute approximate surface area is 322 Å². The quantitative estimate of drug-likeness (QED) is 0.111. The van der Waals surface area contributed by atoms with Gasteiger partial charge in [0.2, 0.25) is 17.8 Å². The Morgan fingerprint density at radius 3 is 2.40 bits per heavy atom. The van der Waals surface area contributed by atoms with E-state index in [1.165, 1.54) is 23.1 Å². The number of amides is 3. The van der Waals surface area contributed by atoms with Crippen LogP contribution >= 0.6 is 0 Å². The molecule has 2 fully saturated rings. The SMILES string of the molecule is Cc1nc2c(F)cc(-c3nc(Nc4ccc(C(F)(F)N5CCN(Cc6cc(F)c7c(c6)CN(C6CCC(=O)NC6=O)C7=O)CC5)cn4)ncc3F)cc2n1C(C)C. The third kappa shape index (κ3) is 7.07. The Hall–Kier alpha value is -5.88. The number of imidazole rings is 1. The molecule has 13 nitrogen and oxygen atoms in total. The van der Waals surface area contributed by atoms with Crippen molar-refractivity contribution < 1.29 is 36.3 Å². The van der Waals surface area contributed by atoms with E-state index in [2.05, 4.69) is 30.6 Å². The van der Waals surface area contributed by atoms with Crippen molar-refractivity contribution in [2.45, 2.75) is 64.8 Å². The zero-order valence-electron chi connectivity index (χ0n) is 31.1. The molecule has 3 aromatic heterocycles. The van der Waals surface area contributed by atoms with Gasteiger partial charge in [0.05, 0.1) is 22.8 Å². The lowest BCUT2D eigenvalue weighted by Crippen LogP contribution is -2.52. The molecule has 1 atom stereocenters. The standard InChI is InChI=1S/C39H37F5N10O3/c1-20(2)54-21(3)47-35-27(41)14-23(15-30(35)54)34-28(42)17-46-38(50-34)48-31-6-4-25(16-45-31)39(43,44)52-10-8-51(9-11-52)18-22-12-24-19-53(37(57)33(24)26(40)13-22)29-5-7-32(55)49-36(29)56/h4,6,12-17,20,29H,5,7-11,18-19H2,1-3H3,(H,49,55,56)(H,45,46,48,50). The van der Waals surface area contributed by atoms with Crippen LogP contribution in [0, 0.1) is 24.4 Å². The van der Waals surface area contributed by atoms with Gasteiger partial charge < -0.3 is 14.8 Å². The number of hydrogen-bond acceptors (Lipinski definition) is 10. The lowest BCUT2D eigenvalue weighted by molar-refractivity contribution is -0.168. The third-order valence-electron chi connectivity index (χ3n) is 10.6. The van der Waals surface area contributed by atoms with Gasteiger partial charge in [-0.25, -0.2) is 38.0 Å². The summed E-state index contributed by atoms with van der Waals surface area (Å²) in [6, 6.07) is 3.99. The predicted molar refractivity (Wildman–Crippen MR) is 197 cm³/mol. The number of rotatable bonds is 9. The fraction of sp³-hybridized carbons (Fsp3) is 0.359. The first-order valence-corrected chi connectivity index (χ1v) is 18.4. The number of anilines is 2. The molecule has 8 rings (SSSR count). The number of pyridine rings is 1. The van der Waals surface area contributed by atoms with Gasteiger partial charge in [-0.1, -0.05) is 6.07 Å². The topological polar surface area (TPSA) is 141 Å². The summed E-state index contributed by atoms with van der Waals surface area (Å²) >= 11 is 0. The Kier molecular flexibility index (Phi) is 9.71. The van der Waals surface area contributed by atoms with E-state index < -0.39 is 47.3 Å². The molecule has 296 valence electrons. The monoisotopic (exact) mass is 788 g/mol. The van der Waals surface area contributed by atoms with Gasteiger partial charge in [-0.2, -0.15) is 8.78 Å². The van der Waals surface area contributed by atoms with E-state index in [0.717, 1.165) is 23.4 Å². The zero-order chi connectivity index (χ0) is 40.3. The van der Waals surface area contributed by atoms with Crippen LogP contribution in [0.3, 0.4) is 0 Å². The van der Waals surface area contributed by atoms with Crippen molar-refractivity contribution in [3.8, 4) is 11.3 Å². The minimum Gasteiger partial charge on any atom is -0.326 e. The summed E-state index contributed by atoms with van der Waals surface area (Å²) in [6.45, 7) is 6.40. The van der Waals surface area contributed by atoms with E-state index in [1.807, 2.05) is 23.3 Å². The molecule has 3 aliphatic rings. The van der Waals surface area contributed by atoms with Crippen LogP contribution < -0.4 is 10.6 Å². The summed E-state index contributed by atoms with van der Waals surface area (Å²) in [7, 11) is 0. The number of carbonyl (C=O) groups excluding carboxylic acids is 3. The fourth-order valence-corrected chi connectivity index (χ4v) is 7.89. The molecule has 0 aliphatic carbocycles. The molecule has 57 heavy (non-hydrogen) atoms. The molecule has 0 spiro atoms. The Morgan fingerprint density at radius 2 is 1.70 bits per heavy atom. The molecule has 1 unspecified atom stereocenters. The van der Waals surface area contributed by atoms with E-state index in [1.54, 1.807) is 19.1 Å². The third-order valence-corrected chi connectivity index (χ3v) is 10.6.